The van der Waals surface area contributed by atoms with Crippen molar-refractivity contribution < 1.29 is 22.7 Å². The molecular weight excluding hydrogens is 239 g/mol. The fourth-order valence-corrected chi connectivity index (χ4v) is 1.70. The van der Waals surface area contributed by atoms with Gasteiger partial charge in [-0.2, -0.15) is 13.2 Å². The molecule has 5 nitrogen and oxygen atoms in total. The quantitative estimate of drug-likeness (QED) is 0.765. The minimum absolute atomic E-state index is 0.0606. The number of nitrogens with zero attached hydrogens (tertiary/aromatic N) is 2. The average molecular weight is 249 g/mol. The number of fused-ring (bicyclic) bond motifs is 1. The molecule has 2 rings (SSSR count). The molecule has 1 N–H and O–H groups in total. The van der Waals surface area contributed by atoms with Gasteiger partial charge in [0.05, 0.1) is 13.4 Å². The number of hydrogen-bond acceptors (Lipinski definition) is 4. The zero-order valence-corrected chi connectivity index (χ0v) is 8.91. The van der Waals surface area contributed by atoms with Crippen molar-refractivity contribution in [1.29, 1.82) is 0 Å². The lowest BCUT2D eigenvalue weighted by Crippen LogP contribution is -2.41. The molecule has 0 bridgehead atoms. The number of rotatable bonds is 1. The molecular formula is C9H10F3N3O2. The van der Waals surface area contributed by atoms with Crippen LogP contribution >= 0.6 is 0 Å². The first-order valence-electron chi connectivity index (χ1n) is 4.90. The summed E-state index contributed by atoms with van der Waals surface area (Å²) in [6.45, 7) is 0.163. The van der Waals surface area contributed by atoms with Crippen LogP contribution in [-0.4, -0.2) is 34.8 Å². The molecule has 1 aliphatic heterocycles. The number of methoxy groups -OCH3 is 1. The predicted molar refractivity (Wildman–Crippen MR) is 51.6 cm³/mol. The Morgan fingerprint density at radius 3 is 2.94 bits per heavy atom. The summed E-state index contributed by atoms with van der Waals surface area (Å²) in [5, 5.41) is 2.28. The van der Waals surface area contributed by atoms with Gasteiger partial charge >= 0.3 is 12.1 Å². The van der Waals surface area contributed by atoms with E-state index in [1.807, 2.05) is 0 Å². The minimum Gasteiger partial charge on any atom is -0.464 e. The van der Waals surface area contributed by atoms with Gasteiger partial charge in [-0.05, 0) is 6.42 Å². The van der Waals surface area contributed by atoms with Crippen LogP contribution in [0.2, 0.25) is 0 Å². The van der Waals surface area contributed by atoms with E-state index >= 15 is 0 Å². The highest BCUT2D eigenvalue weighted by Gasteiger charge is 2.42. The molecule has 0 saturated heterocycles. The Morgan fingerprint density at radius 1 is 1.65 bits per heavy atom. The highest BCUT2D eigenvalue weighted by atomic mass is 19.4. The van der Waals surface area contributed by atoms with Crippen LogP contribution in [0, 0.1) is 0 Å². The standard InChI is InChI=1S/C9H10F3N3O2/c1-17-8(16)6-7-14-5(9(10,11)12)2-3-15(7)4-13-6/h4-5,14H,2-3H2,1H3. The normalized spacial score (nSPS) is 19.4. The molecule has 1 aromatic heterocycles. The largest absolute Gasteiger partial charge is 0.464 e. The highest BCUT2D eigenvalue weighted by molar-refractivity contribution is 5.92. The molecule has 0 amide bonds. The SMILES string of the molecule is COC(=O)c1ncn2c1NC(C(F)(F)F)CC2. The molecule has 17 heavy (non-hydrogen) atoms. The predicted octanol–water partition coefficient (Wildman–Crippen LogP) is 1.42. The van der Waals surface area contributed by atoms with Crippen molar-refractivity contribution in [2.24, 2.45) is 0 Å². The number of aromatic nitrogens is 2. The van der Waals surface area contributed by atoms with Gasteiger partial charge in [-0.3, -0.25) is 0 Å². The van der Waals surface area contributed by atoms with Gasteiger partial charge in [-0.25, -0.2) is 9.78 Å². The number of carbonyl (C=O) groups is 1. The summed E-state index contributed by atoms with van der Waals surface area (Å²) in [6.07, 6.45) is -3.11. The van der Waals surface area contributed by atoms with Gasteiger partial charge < -0.3 is 14.6 Å². The molecule has 0 spiro atoms. The Balaban J connectivity index is 2.29. The van der Waals surface area contributed by atoms with E-state index in [4.69, 9.17) is 0 Å². The van der Waals surface area contributed by atoms with Crippen molar-refractivity contribution >= 4 is 11.8 Å². The number of imidazole rings is 1. The summed E-state index contributed by atoms with van der Waals surface area (Å²) in [4.78, 5) is 15.0. The third-order valence-electron chi connectivity index (χ3n) is 2.58. The van der Waals surface area contributed by atoms with Crippen molar-refractivity contribution in [3.8, 4) is 0 Å². The van der Waals surface area contributed by atoms with Crippen molar-refractivity contribution in [1.82, 2.24) is 9.55 Å². The number of aryl methyl sites for hydroxylation is 1. The maximum atomic E-state index is 12.5. The van der Waals surface area contributed by atoms with Crippen LogP contribution in [0.5, 0.6) is 0 Å². The maximum absolute atomic E-state index is 12.5. The average Bonchev–Trinajstić information content (AvgIpc) is 2.69. The Hall–Kier alpha value is -1.73. The van der Waals surface area contributed by atoms with E-state index in [0.717, 1.165) is 7.11 Å². The van der Waals surface area contributed by atoms with Gasteiger partial charge in [0.25, 0.3) is 0 Å². The van der Waals surface area contributed by atoms with E-state index in [1.165, 1.54) is 10.9 Å². The van der Waals surface area contributed by atoms with Crippen molar-refractivity contribution in [3.05, 3.63) is 12.0 Å². The number of ether oxygens (including phenoxy) is 1. The second-order valence-electron chi connectivity index (χ2n) is 3.65. The van der Waals surface area contributed by atoms with Crippen LogP contribution < -0.4 is 5.32 Å². The molecule has 94 valence electrons. The van der Waals surface area contributed by atoms with E-state index in [9.17, 15) is 18.0 Å². The topological polar surface area (TPSA) is 56.1 Å². The van der Waals surface area contributed by atoms with Gasteiger partial charge in [-0.15, -0.1) is 0 Å². The molecule has 1 unspecified atom stereocenters. The first kappa shape index (κ1) is 11.7. The van der Waals surface area contributed by atoms with E-state index in [2.05, 4.69) is 15.0 Å². The van der Waals surface area contributed by atoms with Gasteiger partial charge in [0, 0.05) is 6.54 Å². The van der Waals surface area contributed by atoms with Crippen LogP contribution in [0.25, 0.3) is 0 Å². The van der Waals surface area contributed by atoms with Crippen LogP contribution in [0.15, 0.2) is 6.33 Å². The zero-order valence-electron chi connectivity index (χ0n) is 8.91. The lowest BCUT2D eigenvalue weighted by atomic mass is 10.1. The fraction of sp³-hybridized carbons (Fsp3) is 0.556. The lowest BCUT2D eigenvalue weighted by Gasteiger charge is -2.28. The molecule has 1 atom stereocenters. The maximum Gasteiger partial charge on any atom is 0.408 e. The van der Waals surface area contributed by atoms with E-state index in [0.29, 0.717) is 0 Å². The summed E-state index contributed by atoms with van der Waals surface area (Å²) in [7, 11) is 1.15. The molecule has 0 radical (unpaired) electrons. The fourth-order valence-electron chi connectivity index (χ4n) is 1.70. The zero-order chi connectivity index (χ0) is 12.6. The number of hydrogen-bond donors (Lipinski definition) is 1. The number of anilines is 1. The highest BCUT2D eigenvalue weighted by Crippen LogP contribution is 2.31. The number of esters is 1. The minimum atomic E-state index is -4.34. The van der Waals surface area contributed by atoms with Crippen molar-refractivity contribution in [3.63, 3.8) is 0 Å². The van der Waals surface area contributed by atoms with Gasteiger partial charge in [0.15, 0.2) is 5.69 Å². The van der Waals surface area contributed by atoms with Crippen molar-refractivity contribution in [2.45, 2.75) is 25.2 Å². The molecule has 0 saturated carbocycles. The Morgan fingerprint density at radius 2 is 2.35 bits per heavy atom. The van der Waals surface area contributed by atoms with E-state index in [1.54, 1.807) is 0 Å². The third kappa shape index (κ3) is 2.06. The van der Waals surface area contributed by atoms with Crippen molar-refractivity contribution in [2.75, 3.05) is 12.4 Å². The second kappa shape index (κ2) is 3.94. The summed E-state index contributed by atoms with van der Waals surface area (Å²) >= 11 is 0. The number of carbonyl (C=O) groups excluding carboxylic acids is 1. The molecule has 1 aliphatic rings. The summed E-state index contributed by atoms with van der Waals surface area (Å²) in [5.74, 6) is -0.695. The number of nitrogens with one attached hydrogen (secondary N) is 1. The number of halogens is 3. The van der Waals surface area contributed by atoms with E-state index in [-0.39, 0.29) is 24.5 Å². The molecule has 1 aromatic rings. The van der Waals surface area contributed by atoms with Crippen LogP contribution in [0.1, 0.15) is 16.9 Å². The molecule has 0 aliphatic carbocycles. The van der Waals surface area contributed by atoms with Gasteiger partial charge in [0.2, 0.25) is 0 Å². The molecule has 0 aromatic carbocycles. The monoisotopic (exact) mass is 249 g/mol. The summed E-state index contributed by atoms with van der Waals surface area (Å²) < 4.78 is 43.6. The Labute approximate surface area is 94.6 Å². The second-order valence-corrected chi connectivity index (χ2v) is 3.65. The number of alkyl halides is 3. The summed E-state index contributed by atoms with van der Waals surface area (Å²) in [6, 6.07) is -1.66. The van der Waals surface area contributed by atoms with Crippen LogP contribution in [0.4, 0.5) is 19.0 Å². The Kier molecular flexibility index (Phi) is 2.72. The summed E-state index contributed by atoms with van der Waals surface area (Å²) in [5.41, 5.74) is -0.124. The van der Waals surface area contributed by atoms with E-state index < -0.39 is 18.2 Å². The van der Waals surface area contributed by atoms with Crippen LogP contribution in [0.3, 0.4) is 0 Å². The Bertz CT molecular complexity index is 441. The first-order chi connectivity index (χ1) is 7.93. The molecule has 2 heterocycles. The van der Waals surface area contributed by atoms with Gasteiger partial charge in [0.1, 0.15) is 11.9 Å². The van der Waals surface area contributed by atoms with Gasteiger partial charge in [-0.1, -0.05) is 0 Å². The third-order valence-corrected chi connectivity index (χ3v) is 2.58. The smallest absolute Gasteiger partial charge is 0.408 e. The lowest BCUT2D eigenvalue weighted by molar-refractivity contribution is -0.145. The molecule has 8 heteroatoms. The van der Waals surface area contributed by atoms with Crippen LogP contribution in [-0.2, 0) is 11.3 Å². The first-order valence-corrected chi connectivity index (χ1v) is 4.90. The molecule has 0 fully saturated rings.